The molecule has 94 valence electrons. The van der Waals surface area contributed by atoms with Gasteiger partial charge in [-0.15, -0.1) is 11.3 Å². The van der Waals surface area contributed by atoms with Crippen LogP contribution in [0.5, 0.6) is 0 Å². The summed E-state index contributed by atoms with van der Waals surface area (Å²) in [6, 6.07) is 4.27. The van der Waals surface area contributed by atoms with Crippen LogP contribution in [0.1, 0.15) is 12.8 Å². The predicted octanol–water partition coefficient (Wildman–Crippen LogP) is 2.91. The highest BCUT2D eigenvalue weighted by Crippen LogP contribution is 2.42. The van der Waals surface area contributed by atoms with Gasteiger partial charge in [-0.3, -0.25) is 4.98 Å². The SMILES string of the molecule is c1cc(N2CCC3(CCOC3)C2)c2sccc2n1. The van der Waals surface area contributed by atoms with E-state index in [1.807, 2.05) is 6.20 Å². The lowest BCUT2D eigenvalue weighted by molar-refractivity contribution is 0.160. The maximum absolute atomic E-state index is 5.60. The number of fused-ring (bicyclic) bond motifs is 1. The van der Waals surface area contributed by atoms with Crippen LogP contribution in [0.25, 0.3) is 10.2 Å². The Morgan fingerprint density at radius 3 is 3.22 bits per heavy atom. The molecule has 2 saturated heterocycles. The molecule has 3 nitrogen and oxygen atoms in total. The van der Waals surface area contributed by atoms with Crippen LogP contribution in [0.2, 0.25) is 0 Å². The number of anilines is 1. The number of hydrogen-bond donors (Lipinski definition) is 0. The highest BCUT2D eigenvalue weighted by molar-refractivity contribution is 7.17. The van der Waals surface area contributed by atoms with E-state index in [2.05, 4.69) is 27.4 Å². The number of rotatable bonds is 1. The first-order chi connectivity index (χ1) is 8.86. The van der Waals surface area contributed by atoms with Gasteiger partial charge in [0.1, 0.15) is 0 Å². The molecule has 2 aliphatic rings. The van der Waals surface area contributed by atoms with Gasteiger partial charge in [-0.25, -0.2) is 0 Å². The Labute approximate surface area is 110 Å². The van der Waals surface area contributed by atoms with Gasteiger partial charge in [0.05, 0.1) is 22.5 Å². The van der Waals surface area contributed by atoms with E-state index < -0.39 is 0 Å². The largest absolute Gasteiger partial charge is 0.381 e. The fourth-order valence-corrected chi connectivity index (χ4v) is 4.11. The molecule has 2 fully saturated rings. The number of thiophene rings is 1. The first-order valence-electron chi connectivity index (χ1n) is 6.51. The summed E-state index contributed by atoms with van der Waals surface area (Å²) in [5.41, 5.74) is 2.91. The Kier molecular flexibility index (Phi) is 2.35. The van der Waals surface area contributed by atoms with Crippen molar-refractivity contribution in [1.29, 1.82) is 0 Å². The van der Waals surface area contributed by atoms with Crippen molar-refractivity contribution in [2.75, 3.05) is 31.2 Å². The van der Waals surface area contributed by atoms with Crippen molar-refractivity contribution in [2.45, 2.75) is 12.8 Å². The predicted molar refractivity (Wildman–Crippen MR) is 74.3 cm³/mol. The summed E-state index contributed by atoms with van der Waals surface area (Å²) in [5, 5.41) is 2.13. The summed E-state index contributed by atoms with van der Waals surface area (Å²) in [7, 11) is 0. The fourth-order valence-electron chi connectivity index (χ4n) is 3.22. The van der Waals surface area contributed by atoms with E-state index in [-0.39, 0.29) is 0 Å². The van der Waals surface area contributed by atoms with Crippen LogP contribution in [0, 0.1) is 5.41 Å². The summed E-state index contributed by atoms with van der Waals surface area (Å²) in [6.07, 6.45) is 4.42. The van der Waals surface area contributed by atoms with Crippen LogP contribution in [0.15, 0.2) is 23.7 Å². The van der Waals surface area contributed by atoms with Crippen molar-refractivity contribution in [3.63, 3.8) is 0 Å². The molecule has 0 amide bonds. The molecule has 4 heteroatoms. The normalized spacial score (nSPS) is 27.7. The first-order valence-corrected chi connectivity index (χ1v) is 7.39. The molecule has 4 rings (SSSR count). The molecule has 18 heavy (non-hydrogen) atoms. The van der Waals surface area contributed by atoms with Gasteiger partial charge < -0.3 is 9.64 Å². The number of aromatic nitrogens is 1. The molecule has 0 radical (unpaired) electrons. The van der Waals surface area contributed by atoms with Gasteiger partial charge in [-0.1, -0.05) is 0 Å². The van der Waals surface area contributed by atoms with Crippen molar-refractivity contribution in [1.82, 2.24) is 4.98 Å². The Morgan fingerprint density at radius 2 is 2.33 bits per heavy atom. The first kappa shape index (κ1) is 10.8. The van der Waals surface area contributed by atoms with E-state index in [4.69, 9.17) is 4.74 Å². The zero-order valence-electron chi connectivity index (χ0n) is 10.3. The molecule has 0 N–H and O–H groups in total. The average Bonchev–Trinajstić information content (AvgIpc) is 3.11. The standard InChI is InChI=1S/C14H16N2OS/c1-5-15-11-2-8-18-13(11)12(1)16-6-3-14(9-16)4-7-17-10-14/h1-2,5,8H,3-4,6-7,9-10H2. The summed E-state index contributed by atoms with van der Waals surface area (Å²) < 4.78 is 6.93. The van der Waals surface area contributed by atoms with E-state index in [0.29, 0.717) is 5.41 Å². The van der Waals surface area contributed by atoms with Gasteiger partial charge in [-0.2, -0.15) is 0 Å². The van der Waals surface area contributed by atoms with E-state index >= 15 is 0 Å². The second-order valence-electron chi connectivity index (χ2n) is 5.44. The van der Waals surface area contributed by atoms with Crippen molar-refractivity contribution < 1.29 is 4.74 Å². The van der Waals surface area contributed by atoms with Crippen LogP contribution in [-0.2, 0) is 4.74 Å². The number of ether oxygens (including phenoxy) is 1. The molecule has 0 aliphatic carbocycles. The smallest absolute Gasteiger partial charge is 0.0830 e. The third kappa shape index (κ3) is 1.56. The van der Waals surface area contributed by atoms with Crippen molar-refractivity contribution in [3.05, 3.63) is 23.7 Å². The summed E-state index contributed by atoms with van der Waals surface area (Å²) in [6.45, 7) is 4.19. The third-order valence-corrected chi connectivity index (χ3v) is 5.21. The molecule has 0 aromatic carbocycles. The summed E-state index contributed by atoms with van der Waals surface area (Å²) in [5.74, 6) is 0. The quantitative estimate of drug-likeness (QED) is 0.788. The zero-order valence-corrected chi connectivity index (χ0v) is 11.1. The maximum Gasteiger partial charge on any atom is 0.0830 e. The molecular weight excluding hydrogens is 244 g/mol. The molecular formula is C14H16N2OS. The van der Waals surface area contributed by atoms with Crippen LogP contribution in [0.4, 0.5) is 5.69 Å². The number of hydrogen-bond acceptors (Lipinski definition) is 4. The van der Waals surface area contributed by atoms with Crippen molar-refractivity contribution >= 4 is 27.2 Å². The number of nitrogens with zero attached hydrogens (tertiary/aromatic N) is 2. The molecule has 0 saturated carbocycles. The zero-order chi connectivity index (χ0) is 12.0. The van der Waals surface area contributed by atoms with Crippen LogP contribution >= 0.6 is 11.3 Å². The molecule has 0 bridgehead atoms. The van der Waals surface area contributed by atoms with Crippen molar-refractivity contribution in [2.24, 2.45) is 5.41 Å². The van der Waals surface area contributed by atoms with Crippen LogP contribution in [0.3, 0.4) is 0 Å². The van der Waals surface area contributed by atoms with Gasteiger partial charge in [0, 0.05) is 31.3 Å². The highest BCUT2D eigenvalue weighted by atomic mass is 32.1. The second kappa shape index (κ2) is 3.93. The monoisotopic (exact) mass is 260 g/mol. The minimum atomic E-state index is 0.423. The Morgan fingerprint density at radius 1 is 1.33 bits per heavy atom. The Hall–Kier alpha value is -1.13. The maximum atomic E-state index is 5.60. The lowest BCUT2D eigenvalue weighted by Gasteiger charge is -2.23. The fraction of sp³-hybridized carbons (Fsp3) is 0.500. The highest BCUT2D eigenvalue weighted by Gasteiger charge is 2.41. The van der Waals surface area contributed by atoms with Crippen molar-refractivity contribution in [3.8, 4) is 0 Å². The molecule has 2 aromatic rings. The van der Waals surface area contributed by atoms with E-state index in [1.54, 1.807) is 11.3 Å². The number of pyridine rings is 1. The van der Waals surface area contributed by atoms with Crippen LogP contribution < -0.4 is 4.90 Å². The Balaban J connectivity index is 1.70. The lowest BCUT2D eigenvalue weighted by atomic mass is 9.87. The Bertz CT molecular complexity index is 574. The minimum Gasteiger partial charge on any atom is -0.381 e. The van der Waals surface area contributed by atoms with E-state index in [0.717, 1.165) is 31.8 Å². The van der Waals surface area contributed by atoms with Gasteiger partial charge in [0.2, 0.25) is 0 Å². The van der Waals surface area contributed by atoms with E-state index in [1.165, 1.54) is 23.2 Å². The topological polar surface area (TPSA) is 25.4 Å². The third-order valence-electron chi connectivity index (χ3n) is 4.29. The second-order valence-corrected chi connectivity index (χ2v) is 6.36. The summed E-state index contributed by atoms with van der Waals surface area (Å²) in [4.78, 5) is 6.94. The van der Waals surface area contributed by atoms with E-state index in [9.17, 15) is 0 Å². The molecule has 1 atom stereocenters. The molecule has 4 heterocycles. The molecule has 2 aliphatic heterocycles. The van der Waals surface area contributed by atoms with Crippen LogP contribution in [-0.4, -0.2) is 31.3 Å². The lowest BCUT2D eigenvalue weighted by Crippen LogP contribution is -2.27. The van der Waals surface area contributed by atoms with Gasteiger partial charge in [-0.05, 0) is 30.4 Å². The summed E-state index contributed by atoms with van der Waals surface area (Å²) >= 11 is 1.80. The van der Waals surface area contributed by atoms with Gasteiger partial charge in [0.15, 0.2) is 0 Å². The molecule has 1 unspecified atom stereocenters. The van der Waals surface area contributed by atoms with Gasteiger partial charge in [0.25, 0.3) is 0 Å². The molecule has 2 aromatic heterocycles. The van der Waals surface area contributed by atoms with Gasteiger partial charge >= 0.3 is 0 Å². The molecule has 1 spiro atoms. The average molecular weight is 260 g/mol. The minimum absolute atomic E-state index is 0.423.